The van der Waals surface area contributed by atoms with Crippen molar-refractivity contribution in [2.75, 3.05) is 13.2 Å². The van der Waals surface area contributed by atoms with Crippen molar-refractivity contribution in [2.45, 2.75) is 19.8 Å². The standard InChI is InChI=1S/C12H15FN2O3/c1-2-18-11(16)4-3-6-15-12(17)9-5-7-14-8-10(9)13/h5,7-8H,2-4,6H2,1H3,(H,15,17). The minimum absolute atomic E-state index is 0.0545. The Morgan fingerprint density at radius 3 is 2.94 bits per heavy atom. The molecule has 1 amide bonds. The lowest BCUT2D eigenvalue weighted by Gasteiger charge is -2.05. The summed E-state index contributed by atoms with van der Waals surface area (Å²) in [5, 5.41) is 2.52. The number of aromatic nitrogens is 1. The third kappa shape index (κ3) is 4.48. The molecule has 0 fully saturated rings. The van der Waals surface area contributed by atoms with Crippen LogP contribution >= 0.6 is 0 Å². The minimum atomic E-state index is -0.666. The SMILES string of the molecule is CCOC(=O)CCCNC(=O)c1ccncc1F. The van der Waals surface area contributed by atoms with Crippen molar-refractivity contribution < 1.29 is 18.7 Å². The molecule has 1 rings (SSSR count). The number of rotatable bonds is 6. The molecule has 0 unspecified atom stereocenters. The number of esters is 1. The molecule has 1 aromatic heterocycles. The largest absolute Gasteiger partial charge is 0.466 e. The maximum absolute atomic E-state index is 13.2. The molecule has 1 aromatic rings. The van der Waals surface area contributed by atoms with Crippen molar-refractivity contribution in [1.29, 1.82) is 0 Å². The van der Waals surface area contributed by atoms with Gasteiger partial charge in [0.05, 0.1) is 18.4 Å². The summed E-state index contributed by atoms with van der Waals surface area (Å²) in [5.74, 6) is -1.49. The number of nitrogens with zero attached hydrogens (tertiary/aromatic N) is 1. The second kappa shape index (κ2) is 7.37. The van der Waals surface area contributed by atoms with Crippen LogP contribution in [0.1, 0.15) is 30.1 Å². The van der Waals surface area contributed by atoms with Crippen molar-refractivity contribution >= 4 is 11.9 Å². The van der Waals surface area contributed by atoms with Gasteiger partial charge in [-0.15, -0.1) is 0 Å². The highest BCUT2D eigenvalue weighted by atomic mass is 19.1. The number of hydrogen-bond acceptors (Lipinski definition) is 4. The van der Waals surface area contributed by atoms with E-state index in [1.54, 1.807) is 6.92 Å². The molecule has 0 saturated carbocycles. The maximum Gasteiger partial charge on any atom is 0.305 e. The molecule has 0 aromatic carbocycles. The van der Waals surface area contributed by atoms with E-state index in [9.17, 15) is 14.0 Å². The van der Waals surface area contributed by atoms with E-state index in [0.29, 0.717) is 19.6 Å². The van der Waals surface area contributed by atoms with Gasteiger partial charge in [0.25, 0.3) is 5.91 Å². The third-order valence-corrected chi connectivity index (χ3v) is 2.17. The van der Waals surface area contributed by atoms with Crippen molar-refractivity contribution in [3.63, 3.8) is 0 Å². The Balaban J connectivity index is 2.30. The first-order valence-corrected chi connectivity index (χ1v) is 5.68. The second-order valence-electron chi connectivity index (χ2n) is 3.52. The number of carbonyl (C=O) groups excluding carboxylic acids is 2. The Morgan fingerprint density at radius 2 is 2.28 bits per heavy atom. The second-order valence-corrected chi connectivity index (χ2v) is 3.52. The minimum Gasteiger partial charge on any atom is -0.466 e. The molecule has 18 heavy (non-hydrogen) atoms. The summed E-state index contributed by atoms with van der Waals surface area (Å²) in [6.45, 7) is 2.36. The fraction of sp³-hybridized carbons (Fsp3) is 0.417. The molecular formula is C12H15FN2O3. The van der Waals surface area contributed by atoms with Crippen LogP contribution in [0, 0.1) is 5.82 Å². The molecule has 0 bridgehead atoms. The molecule has 6 heteroatoms. The van der Waals surface area contributed by atoms with Gasteiger partial charge in [0, 0.05) is 19.2 Å². The van der Waals surface area contributed by atoms with Gasteiger partial charge >= 0.3 is 5.97 Å². The highest BCUT2D eigenvalue weighted by Crippen LogP contribution is 2.03. The summed E-state index contributed by atoms with van der Waals surface area (Å²) in [7, 11) is 0. The van der Waals surface area contributed by atoms with Gasteiger partial charge in [-0.25, -0.2) is 4.39 Å². The lowest BCUT2D eigenvalue weighted by Crippen LogP contribution is -2.26. The van der Waals surface area contributed by atoms with E-state index in [-0.39, 0.29) is 18.0 Å². The van der Waals surface area contributed by atoms with Crippen LogP contribution in [0.15, 0.2) is 18.5 Å². The first kappa shape index (κ1) is 14.1. The zero-order valence-electron chi connectivity index (χ0n) is 10.1. The van der Waals surface area contributed by atoms with E-state index >= 15 is 0 Å². The predicted octanol–water partition coefficient (Wildman–Crippen LogP) is 1.29. The summed E-state index contributed by atoms with van der Waals surface area (Å²) < 4.78 is 17.9. The summed E-state index contributed by atoms with van der Waals surface area (Å²) in [6, 6.07) is 1.30. The van der Waals surface area contributed by atoms with Crippen LogP contribution < -0.4 is 5.32 Å². The van der Waals surface area contributed by atoms with Gasteiger partial charge < -0.3 is 10.1 Å². The van der Waals surface area contributed by atoms with Gasteiger partial charge in [-0.1, -0.05) is 0 Å². The first-order chi connectivity index (χ1) is 8.65. The van der Waals surface area contributed by atoms with E-state index < -0.39 is 11.7 Å². The average Bonchev–Trinajstić information content (AvgIpc) is 2.35. The molecule has 0 spiro atoms. The maximum atomic E-state index is 13.2. The monoisotopic (exact) mass is 254 g/mol. The Kier molecular flexibility index (Phi) is 5.76. The van der Waals surface area contributed by atoms with Crippen LogP contribution in [0.4, 0.5) is 4.39 Å². The molecule has 5 nitrogen and oxygen atoms in total. The summed E-state index contributed by atoms with van der Waals surface area (Å²) in [4.78, 5) is 26.1. The Bertz CT molecular complexity index is 424. The van der Waals surface area contributed by atoms with Crippen molar-refractivity contribution in [2.24, 2.45) is 0 Å². The van der Waals surface area contributed by atoms with Crippen LogP contribution in [0.5, 0.6) is 0 Å². The molecule has 1 N–H and O–H groups in total. The summed E-state index contributed by atoms with van der Waals surface area (Å²) in [6.07, 6.45) is 3.01. The molecule has 0 atom stereocenters. The van der Waals surface area contributed by atoms with Crippen LogP contribution in [-0.4, -0.2) is 30.0 Å². The molecule has 1 heterocycles. The molecule has 0 aliphatic carbocycles. The highest BCUT2D eigenvalue weighted by molar-refractivity contribution is 5.94. The summed E-state index contributed by atoms with van der Waals surface area (Å²) >= 11 is 0. The lowest BCUT2D eigenvalue weighted by molar-refractivity contribution is -0.143. The Hall–Kier alpha value is -1.98. The summed E-state index contributed by atoms with van der Waals surface area (Å²) in [5.41, 5.74) is -0.0545. The van der Waals surface area contributed by atoms with Crippen molar-refractivity contribution in [3.05, 3.63) is 29.8 Å². The van der Waals surface area contributed by atoms with E-state index in [1.165, 1.54) is 12.3 Å². The van der Waals surface area contributed by atoms with Gasteiger partial charge in [-0.2, -0.15) is 0 Å². The number of nitrogens with one attached hydrogen (secondary N) is 1. The van der Waals surface area contributed by atoms with Crippen LogP contribution in [0.25, 0.3) is 0 Å². The average molecular weight is 254 g/mol. The van der Waals surface area contributed by atoms with Gasteiger partial charge in [0.15, 0.2) is 5.82 Å². The Morgan fingerprint density at radius 1 is 1.50 bits per heavy atom. The van der Waals surface area contributed by atoms with E-state index in [2.05, 4.69) is 10.3 Å². The van der Waals surface area contributed by atoms with Gasteiger partial charge in [-0.3, -0.25) is 14.6 Å². The highest BCUT2D eigenvalue weighted by Gasteiger charge is 2.10. The third-order valence-electron chi connectivity index (χ3n) is 2.17. The number of pyridine rings is 1. The molecule has 98 valence electrons. The van der Waals surface area contributed by atoms with Gasteiger partial charge in [0.2, 0.25) is 0 Å². The first-order valence-electron chi connectivity index (χ1n) is 5.68. The number of amides is 1. The van der Waals surface area contributed by atoms with Crippen LogP contribution in [0.2, 0.25) is 0 Å². The number of carbonyl (C=O) groups is 2. The molecule has 0 radical (unpaired) electrons. The predicted molar refractivity (Wildman–Crippen MR) is 62.4 cm³/mol. The van der Waals surface area contributed by atoms with E-state index in [1.807, 2.05) is 0 Å². The van der Waals surface area contributed by atoms with E-state index in [4.69, 9.17) is 4.74 Å². The molecule has 0 saturated heterocycles. The number of ether oxygens (including phenoxy) is 1. The number of hydrogen-bond donors (Lipinski definition) is 1. The molecule has 0 aliphatic rings. The number of halogens is 1. The fourth-order valence-corrected chi connectivity index (χ4v) is 1.32. The molecule has 0 aliphatic heterocycles. The lowest BCUT2D eigenvalue weighted by atomic mass is 10.2. The van der Waals surface area contributed by atoms with E-state index in [0.717, 1.165) is 6.20 Å². The van der Waals surface area contributed by atoms with Gasteiger partial charge in [-0.05, 0) is 19.4 Å². The Labute approximate surface area is 104 Å². The van der Waals surface area contributed by atoms with Crippen molar-refractivity contribution in [1.82, 2.24) is 10.3 Å². The van der Waals surface area contributed by atoms with Gasteiger partial charge in [0.1, 0.15) is 0 Å². The zero-order chi connectivity index (χ0) is 13.4. The topological polar surface area (TPSA) is 68.3 Å². The van der Waals surface area contributed by atoms with Crippen LogP contribution in [0.3, 0.4) is 0 Å². The smallest absolute Gasteiger partial charge is 0.305 e. The van der Waals surface area contributed by atoms with Crippen LogP contribution in [-0.2, 0) is 9.53 Å². The fourth-order valence-electron chi connectivity index (χ4n) is 1.32. The normalized spacial score (nSPS) is 9.89. The van der Waals surface area contributed by atoms with Crippen molar-refractivity contribution in [3.8, 4) is 0 Å². The quantitative estimate of drug-likeness (QED) is 0.613. The zero-order valence-corrected chi connectivity index (χ0v) is 10.1. The molecular weight excluding hydrogens is 239 g/mol.